The van der Waals surface area contributed by atoms with Gasteiger partial charge < -0.3 is 16.4 Å². The van der Waals surface area contributed by atoms with E-state index in [2.05, 4.69) is 10.6 Å². The highest BCUT2D eigenvalue weighted by atomic mass is 16.2. The molecule has 5 nitrogen and oxygen atoms in total. The van der Waals surface area contributed by atoms with Gasteiger partial charge >= 0.3 is 6.03 Å². The minimum atomic E-state index is -1.05. The van der Waals surface area contributed by atoms with E-state index in [1.807, 2.05) is 30.3 Å². The lowest BCUT2D eigenvalue weighted by atomic mass is 10.1. The van der Waals surface area contributed by atoms with Crippen molar-refractivity contribution in [1.29, 1.82) is 0 Å². The van der Waals surface area contributed by atoms with E-state index in [0.29, 0.717) is 6.54 Å². The van der Waals surface area contributed by atoms with E-state index in [1.165, 1.54) is 0 Å². The minimum absolute atomic E-state index is 0.404. The Morgan fingerprint density at radius 1 is 1.24 bits per heavy atom. The molecule has 0 aliphatic heterocycles. The summed E-state index contributed by atoms with van der Waals surface area (Å²) in [4.78, 5) is 22.5. The number of rotatable bonds is 4. The molecule has 0 atom stereocenters. The van der Waals surface area contributed by atoms with Crippen molar-refractivity contribution in [3.8, 4) is 0 Å². The van der Waals surface area contributed by atoms with E-state index >= 15 is 0 Å². The Hall–Kier alpha value is -2.04. The van der Waals surface area contributed by atoms with Gasteiger partial charge in [-0.3, -0.25) is 4.79 Å². The topological polar surface area (TPSA) is 84.2 Å². The van der Waals surface area contributed by atoms with Crippen molar-refractivity contribution in [3.05, 3.63) is 35.9 Å². The number of benzene rings is 1. The van der Waals surface area contributed by atoms with Gasteiger partial charge in [-0.1, -0.05) is 30.3 Å². The van der Waals surface area contributed by atoms with E-state index in [-0.39, 0.29) is 0 Å². The molecule has 92 valence electrons. The van der Waals surface area contributed by atoms with Gasteiger partial charge in [0.25, 0.3) is 0 Å². The predicted octanol–water partition coefficient (Wildman–Crippen LogP) is 0.750. The molecule has 17 heavy (non-hydrogen) atoms. The maximum atomic E-state index is 11.5. The van der Waals surface area contributed by atoms with Crippen LogP contribution in [0.2, 0.25) is 0 Å². The molecule has 1 rings (SSSR count). The second kappa shape index (κ2) is 5.34. The Labute approximate surface area is 100 Å². The SMILES string of the molecule is CC(C)(NC(=O)NCc1ccccc1)C(N)=O. The molecule has 0 radical (unpaired) electrons. The average Bonchev–Trinajstić information content (AvgIpc) is 2.27. The third-order valence-electron chi connectivity index (χ3n) is 2.34. The van der Waals surface area contributed by atoms with Gasteiger partial charge in [-0.25, -0.2) is 4.79 Å². The lowest BCUT2D eigenvalue weighted by Crippen LogP contribution is -2.55. The highest BCUT2D eigenvalue weighted by Gasteiger charge is 2.26. The van der Waals surface area contributed by atoms with E-state index in [0.717, 1.165) is 5.56 Å². The van der Waals surface area contributed by atoms with E-state index in [1.54, 1.807) is 13.8 Å². The van der Waals surface area contributed by atoms with Crippen LogP contribution in [0.3, 0.4) is 0 Å². The van der Waals surface area contributed by atoms with Crippen molar-refractivity contribution in [2.24, 2.45) is 5.73 Å². The van der Waals surface area contributed by atoms with Crippen LogP contribution in [0.4, 0.5) is 4.79 Å². The Morgan fingerprint density at radius 2 is 1.82 bits per heavy atom. The number of hydrogen-bond acceptors (Lipinski definition) is 2. The number of hydrogen-bond donors (Lipinski definition) is 3. The number of carbonyl (C=O) groups excluding carboxylic acids is 2. The number of nitrogens with two attached hydrogens (primary N) is 1. The molecule has 0 bridgehead atoms. The summed E-state index contributed by atoms with van der Waals surface area (Å²) in [6.07, 6.45) is 0. The maximum absolute atomic E-state index is 11.5. The molecule has 5 heteroatoms. The van der Waals surface area contributed by atoms with Gasteiger partial charge in [-0.15, -0.1) is 0 Å². The largest absolute Gasteiger partial charge is 0.368 e. The molecule has 0 aliphatic rings. The first-order chi connectivity index (χ1) is 7.92. The van der Waals surface area contributed by atoms with Crippen molar-refractivity contribution in [2.45, 2.75) is 25.9 Å². The molecule has 0 aromatic heterocycles. The van der Waals surface area contributed by atoms with Crippen LogP contribution in [0, 0.1) is 0 Å². The lowest BCUT2D eigenvalue weighted by molar-refractivity contribution is -0.122. The molecular weight excluding hydrogens is 218 g/mol. The monoisotopic (exact) mass is 235 g/mol. The summed E-state index contributed by atoms with van der Waals surface area (Å²) in [5.74, 6) is -0.577. The van der Waals surface area contributed by atoms with Crippen molar-refractivity contribution >= 4 is 11.9 Å². The van der Waals surface area contributed by atoms with Crippen molar-refractivity contribution in [3.63, 3.8) is 0 Å². The summed E-state index contributed by atoms with van der Waals surface area (Å²) in [6.45, 7) is 3.51. The molecule has 0 fully saturated rings. The Kier molecular flexibility index (Phi) is 4.09. The van der Waals surface area contributed by atoms with Crippen LogP contribution in [0.1, 0.15) is 19.4 Å². The van der Waals surface area contributed by atoms with E-state index < -0.39 is 17.5 Å². The van der Waals surface area contributed by atoms with Crippen molar-refractivity contribution in [1.82, 2.24) is 10.6 Å². The first kappa shape index (κ1) is 13.0. The summed E-state index contributed by atoms with van der Waals surface area (Å²) < 4.78 is 0. The zero-order valence-corrected chi connectivity index (χ0v) is 9.99. The van der Waals surface area contributed by atoms with Crippen LogP contribution in [0.25, 0.3) is 0 Å². The first-order valence-electron chi connectivity index (χ1n) is 5.31. The Balaban J connectivity index is 2.44. The number of urea groups is 1. The van der Waals surface area contributed by atoms with E-state index in [4.69, 9.17) is 5.73 Å². The molecule has 4 N–H and O–H groups in total. The zero-order valence-electron chi connectivity index (χ0n) is 9.99. The van der Waals surface area contributed by atoms with Gasteiger partial charge in [0.1, 0.15) is 5.54 Å². The zero-order chi connectivity index (χ0) is 12.9. The van der Waals surface area contributed by atoms with Gasteiger partial charge in [0, 0.05) is 6.54 Å². The lowest BCUT2D eigenvalue weighted by Gasteiger charge is -2.22. The van der Waals surface area contributed by atoms with Crippen LogP contribution >= 0.6 is 0 Å². The van der Waals surface area contributed by atoms with Gasteiger partial charge in [-0.2, -0.15) is 0 Å². The average molecular weight is 235 g/mol. The standard InChI is InChI=1S/C12H17N3O2/c1-12(2,10(13)16)15-11(17)14-8-9-6-4-3-5-7-9/h3-7H,8H2,1-2H3,(H2,13,16)(H2,14,15,17). The summed E-state index contributed by atoms with van der Waals surface area (Å²) in [7, 11) is 0. The number of nitrogens with one attached hydrogen (secondary N) is 2. The molecule has 0 saturated heterocycles. The Bertz CT molecular complexity index is 401. The normalized spacial score (nSPS) is 10.7. The summed E-state index contributed by atoms with van der Waals surface area (Å²) in [6, 6.07) is 9.07. The van der Waals surface area contributed by atoms with Crippen molar-refractivity contribution < 1.29 is 9.59 Å². The summed E-state index contributed by atoms with van der Waals surface area (Å²) in [5, 5.41) is 5.15. The highest BCUT2D eigenvalue weighted by Crippen LogP contribution is 2.00. The maximum Gasteiger partial charge on any atom is 0.315 e. The molecule has 1 aromatic rings. The molecule has 1 aromatic carbocycles. The number of primary amides is 1. The Morgan fingerprint density at radius 3 is 2.35 bits per heavy atom. The summed E-state index contributed by atoms with van der Waals surface area (Å²) >= 11 is 0. The van der Waals surface area contributed by atoms with Crippen LogP contribution < -0.4 is 16.4 Å². The number of amides is 3. The van der Waals surface area contributed by atoms with Crippen molar-refractivity contribution in [2.75, 3.05) is 0 Å². The quantitative estimate of drug-likeness (QED) is 0.719. The third kappa shape index (κ3) is 4.14. The second-order valence-electron chi connectivity index (χ2n) is 4.28. The van der Waals surface area contributed by atoms with Gasteiger partial charge in [0.2, 0.25) is 5.91 Å². The fraction of sp³-hybridized carbons (Fsp3) is 0.333. The van der Waals surface area contributed by atoms with Gasteiger partial charge in [0.15, 0.2) is 0 Å². The smallest absolute Gasteiger partial charge is 0.315 e. The fourth-order valence-electron chi connectivity index (χ4n) is 1.17. The second-order valence-corrected chi connectivity index (χ2v) is 4.28. The third-order valence-corrected chi connectivity index (χ3v) is 2.34. The number of carbonyl (C=O) groups is 2. The molecule has 0 unspecified atom stereocenters. The predicted molar refractivity (Wildman–Crippen MR) is 65.1 cm³/mol. The molecule has 0 aliphatic carbocycles. The van der Waals surface area contributed by atoms with Gasteiger partial charge in [-0.05, 0) is 19.4 Å². The highest BCUT2D eigenvalue weighted by molar-refractivity contribution is 5.89. The van der Waals surface area contributed by atoms with Crippen LogP contribution in [-0.4, -0.2) is 17.5 Å². The molecule has 0 spiro atoms. The molecule has 0 heterocycles. The van der Waals surface area contributed by atoms with Gasteiger partial charge in [0.05, 0.1) is 0 Å². The van der Waals surface area contributed by atoms with Crippen LogP contribution in [-0.2, 0) is 11.3 Å². The molecular formula is C12H17N3O2. The van der Waals surface area contributed by atoms with Crippen LogP contribution in [0.15, 0.2) is 30.3 Å². The fourth-order valence-corrected chi connectivity index (χ4v) is 1.17. The molecule has 3 amide bonds. The first-order valence-corrected chi connectivity index (χ1v) is 5.31. The van der Waals surface area contributed by atoms with E-state index in [9.17, 15) is 9.59 Å². The minimum Gasteiger partial charge on any atom is -0.368 e. The molecule has 0 saturated carbocycles. The summed E-state index contributed by atoms with van der Waals surface area (Å²) in [5.41, 5.74) is 5.08. The van der Waals surface area contributed by atoms with Crippen LogP contribution in [0.5, 0.6) is 0 Å².